The third-order valence-electron chi connectivity index (χ3n) is 5.72. The molecule has 2 aliphatic rings. The Bertz CT molecular complexity index is 841. The van der Waals surface area contributed by atoms with Gasteiger partial charge in [0.1, 0.15) is 0 Å². The predicted molar refractivity (Wildman–Crippen MR) is 109 cm³/mol. The first-order valence-electron chi connectivity index (χ1n) is 9.59. The number of nitrogens with zero attached hydrogens (tertiary/aromatic N) is 1. The Hall–Kier alpha value is -2.40. The molecular weight excluding hydrogens is 318 g/mol. The number of carbonyl (C=O) groups is 1. The fourth-order valence-corrected chi connectivity index (χ4v) is 4.07. The van der Waals surface area contributed by atoms with Gasteiger partial charge in [-0.3, -0.25) is 4.79 Å². The lowest BCUT2D eigenvalue weighted by Gasteiger charge is -2.25. The molecule has 0 saturated heterocycles. The number of aliphatic imine (C=N–C) groups is 1. The van der Waals surface area contributed by atoms with Crippen LogP contribution in [0.25, 0.3) is 5.70 Å². The molecule has 0 heterocycles. The molecule has 0 aliphatic heterocycles. The average molecular weight is 345 g/mol. The zero-order chi connectivity index (χ0) is 18.7. The van der Waals surface area contributed by atoms with Gasteiger partial charge >= 0.3 is 0 Å². The molecule has 26 heavy (non-hydrogen) atoms. The summed E-state index contributed by atoms with van der Waals surface area (Å²) in [5.41, 5.74) is 6.68. The van der Waals surface area contributed by atoms with E-state index in [-0.39, 0.29) is 5.78 Å². The first kappa shape index (κ1) is 18.4. The number of hydrogen-bond donors (Lipinski definition) is 0. The van der Waals surface area contributed by atoms with Crippen LogP contribution in [-0.4, -0.2) is 11.5 Å². The van der Waals surface area contributed by atoms with E-state index in [0.717, 1.165) is 35.2 Å². The van der Waals surface area contributed by atoms with E-state index in [4.69, 9.17) is 11.4 Å². The van der Waals surface area contributed by atoms with Crippen LogP contribution >= 0.6 is 0 Å². The molecule has 1 aromatic rings. The van der Waals surface area contributed by atoms with Crippen LogP contribution in [0.5, 0.6) is 0 Å². The minimum Gasteiger partial charge on any atom is -0.289 e. The SMILES string of the molecule is C#CC(C)=N/C(=C(\C)C1CCCCC1)c1ccc2c(c1)CCC(=C)C2=O. The van der Waals surface area contributed by atoms with E-state index < -0.39 is 0 Å². The zero-order valence-corrected chi connectivity index (χ0v) is 15.9. The minimum absolute atomic E-state index is 0.0793. The van der Waals surface area contributed by atoms with Crippen molar-refractivity contribution in [3.63, 3.8) is 0 Å². The molecule has 2 heteroatoms. The summed E-state index contributed by atoms with van der Waals surface area (Å²) in [6, 6.07) is 6.09. The van der Waals surface area contributed by atoms with E-state index in [9.17, 15) is 4.79 Å². The molecule has 0 unspecified atom stereocenters. The van der Waals surface area contributed by atoms with E-state index in [1.54, 1.807) is 0 Å². The van der Waals surface area contributed by atoms with Crippen LogP contribution in [0, 0.1) is 18.3 Å². The molecule has 2 aliphatic carbocycles. The second kappa shape index (κ2) is 7.87. The molecular formula is C24H27NO. The second-order valence-corrected chi connectivity index (χ2v) is 7.51. The Morgan fingerprint density at radius 3 is 2.62 bits per heavy atom. The van der Waals surface area contributed by atoms with Crippen LogP contribution in [0.1, 0.15) is 73.9 Å². The monoisotopic (exact) mass is 345 g/mol. The Morgan fingerprint density at radius 2 is 1.92 bits per heavy atom. The highest BCUT2D eigenvalue weighted by Crippen LogP contribution is 2.36. The Kier molecular flexibility index (Phi) is 5.57. The number of benzene rings is 1. The van der Waals surface area contributed by atoms with Gasteiger partial charge in [0.2, 0.25) is 0 Å². The molecule has 0 aromatic heterocycles. The van der Waals surface area contributed by atoms with Crippen LogP contribution in [0.2, 0.25) is 0 Å². The summed E-state index contributed by atoms with van der Waals surface area (Å²) in [6.45, 7) is 7.96. The van der Waals surface area contributed by atoms with Gasteiger partial charge in [0.25, 0.3) is 0 Å². The van der Waals surface area contributed by atoms with Crippen LogP contribution in [-0.2, 0) is 6.42 Å². The van der Waals surface area contributed by atoms with Crippen molar-refractivity contribution >= 4 is 17.2 Å². The van der Waals surface area contributed by atoms with Crippen LogP contribution < -0.4 is 0 Å². The quantitative estimate of drug-likeness (QED) is 0.388. The van der Waals surface area contributed by atoms with Gasteiger partial charge in [-0.05, 0) is 68.2 Å². The third kappa shape index (κ3) is 3.73. The molecule has 134 valence electrons. The highest BCUT2D eigenvalue weighted by molar-refractivity contribution is 6.10. The number of rotatable bonds is 3. The molecule has 0 atom stereocenters. The van der Waals surface area contributed by atoms with Crippen molar-refractivity contribution in [2.45, 2.75) is 58.8 Å². The topological polar surface area (TPSA) is 29.4 Å². The van der Waals surface area contributed by atoms with Crippen molar-refractivity contribution in [2.75, 3.05) is 0 Å². The molecule has 0 amide bonds. The summed E-state index contributed by atoms with van der Waals surface area (Å²) in [7, 11) is 0. The number of Topliss-reactive ketones (excluding diaryl/α,β-unsaturated/α-hetero) is 1. The minimum atomic E-state index is 0.0793. The number of allylic oxidation sites excluding steroid dienone is 2. The Morgan fingerprint density at radius 1 is 1.19 bits per heavy atom. The van der Waals surface area contributed by atoms with Gasteiger partial charge in [-0.2, -0.15) is 0 Å². The zero-order valence-electron chi connectivity index (χ0n) is 15.9. The first-order valence-corrected chi connectivity index (χ1v) is 9.59. The van der Waals surface area contributed by atoms with Gasteiger partial charge in [0, 0.05) is 11.1 Å². The molecule has 0 bridgehead atoms. The summed E-state index contributed by atoms with van der Waals surface area (Å²) < 4.78 is 0. The van der Waals surface area contributed by atoms with Crippen LogP contribution in [0.4, 0.5) is 0 Å². The second-order valence-electron chi connectivity index (χ2n) is 7.51. The lowest BCUT2D eigenvalue weighted by atomic mass is 9.82. The summed E-state index contributed by atoms with van der Waals surface area (Å²) in [5, 5.41) is 0. The number of ketones is 1. The summed E-state index contributed by atoms with van der Waals surface area (Å²) in [4.78, 5) is 17.1. The van der Waals surface area contributed by atoms with Crippen molar-refractivity contribution in [2.24, 2.45) is 10.9 Å². The van der Waals surface area contributed by atoms with Gasteiger partial charge in [0.15, 0.2) is 5.78 Å². The molecule has 0 N–H and O–H groups in total. The highest BCUT2D eigenvalue weighted by Gasteiger charge is 2.23. The van der Waals surface area contributed by atoms with E-state index >= 15 is 0 Å². The van der Waals surface area contributed by atoms with E-state index in [2.05, 4.69) is 25.5 Å². The molecule has 0 radical (unpaired) electrons. The first-order chi connectivity index (χ1) is 12.5. The standard InChI is InChI=1S/C24H27NO/c1-5-17(3)25-23(18(4)19-9-7-6-8-10-19)21-13-14-22-20(15-21)12-11-16(2)24(22)26/h1,13-15,19H,2,6-12H2,3-4H3/b23-18+,25-17?. The number of terminal acetylenes is 1. The fourth-order valence-electron chi connectivity index (χ4n) is 4.07. The molecule has 1 fully saturated rings. The van der Waals surface area contributed by atoms with Crippen molar-refractivity contribution in [3.8, 4) is 12.3 Å². The van der Waals surface area contributed by atoms with Gasteiger partial charge in [-0.1, -0.05) is 43.9 Å². The highest BCUT2D eigenvalue weighted by atomic mass is 16.1. The molecule has 1 aromatic carbocycles. The molecule has 3 rings (SSSR count). The third-order valence-corrected chi connectivity index (χ3v) is 5.72. The summed E-state index contributed by atoms with van der Waals surface area (Å²) in [6.07, 6.45) is 13.5. The van der Waals surface area contributed by atoms with Gasteiger partial charge in [-0.15, -0.1) is 6.42 Å². The normalized spacial score (nSPS) is 19.7. The van der Waals surface area contributed by atoms with Crippen LogP contribution in [0.3, 0.4) is 0 Å². The van der Waals surface area contributed by atoms with Crippen molar-refractivity contribution in [1.29, 1.82) is 0 Å². The molecule has 2 nitrogen and oxygen atoms in total. The number of aryl methyl sites for hydroxylation is 1. The smallest absolute Gasteiger partial charge is 0.188 e. The fraction of sp³-hybridized carbons (Fsp3) is 0.417. The Balaban J connectivity index is 2.07. The van der Waals surface area contributed by atoms with Crippen molar-refractivity contribution in [1.82, 2.24) is 0 Å². The lowest BCUT2D eigenvalue weighted by molar-refractivity contribution is 0.102. The number of hydrogen-bond acceptors (Lipinski definition) is 2. The summed E-state index contributed by atoms with van der Waals surface area (Å²) >= 11 is 0. The maximum Gasteiger partial charge on any atom is 0.188 e. The van der Waals surface area contributed by atoms with Gasteiger partial charge in [0.05, 0.1) is 11.4 Å². The van der Waals surface area contributed by atoms with Crippen molar-refractivity contribution in [3.05, 3.63) is 52.6 Å². The van der Waals surface area contributed by atoms with E-state index in [1.165, 1.54) is 37.7 Å². The van der Waals surface area contributed by atoms with E-state index in [1.807, 2.05) is 19.1 Å². The maximum absolute atomic E-state index is 12.3. The van der Waals surface area contributed by atoms with Crippen LogP contribution in [0.15, 0.2) is 40.9 Å². The predicted octanol–water partition coefficient (Wildman–Crippen LogP) is 5.78. The molecule has 1 saturated carbocycles. The van der Waals surface area contributed by atoms with Crippen molar-refractivity contribution < 1.29 is 4.79 Å². The van der Waals surface area contributed by atoms with Gasteiger partial charge < -0.3 is 0 Å². The largest absolute Gasteiger partial charge is 0.289 e. The van der Waals surface area contributed by atoms with Gasteiger partial charge in [-0.25, -0.2) is 4.99 Å². The maximum atomic E-state index is 12.3. The van der Waals surface area contributed by atoms with E-state index in [0.29, 0.717) is 17.2 Å². The lowest BCUT2D eigenvalue weighted by Crippen LogP contribution is -2.14. The average Bonchev–Trinajstić information content (AvgIpc) is 2.68. The number of fused-ring (bicyclic) bond motifs is 1. The summed E-state index contributed by atoms with van der Waals surface area (Å²) in [5.74, 6) is 3.30. The molecule has 0 spiro atoms. The Labute approximate surface area is 157 Å². The number of carbonyl (C=O) groups excluding carboxylic acids is 1.